The number of fused-ring (bicyclic) bond motifs is 1. The number of allylic oxidation sites excluding steroid dienone is 1. The van der Waals surface area contributed by atoms with Crippen LogP contribution in [0.5, 0.6) is 0 Å². The number of hydrogen-bond acceptors (Lipinski definition) is 2. The second-order valence-electron chi connectivity index (χ2n) is 4.81. The Hall–Kier alpha value is -1.51. The molecular weight excluding hydrogens is 198 g/mol. The molecule has 2 rings (SSSR count). The van der Waals surface area contributed by atoms with Gasteiger partial charge in [-0.25, -0.2) is 0 Å². The fraction of sp³-hybridized carbons (Fsp3) is 0.462. The smallest absolute Gasteiger partial charge is 0.115 e. The van der Waals surface area contributed by atoms with Gasteiger partial charge < -0.3 is 5.32 Å². The number of aromatic nitrogens is 2. The van der Waals surface area contributed by atoms with Crippen molar-refractivity contribution in [3.05, 3.63) is 30.2 Å². The highest BCUT2D eigenvalue weighted by Gasteiger charge is 2.19. The Labute approximate surface area is 96.9 Å². The zero-order chi connectivity index (χ0) is 11.9. The van der Waals surface area contributed by atoms with Crippen molar-refractivity contribution in [2.24, 2.45) is 5.92 Å². The van der Waals surface area contributed by atoms with Gasteiger partial charge in [-0.1, -0.05) is 20.4 Å². The van der Waals surface area contributed by atoms with Gasteiger partial charge in [-0.05, 0) is 25.3 Å². The van der Waals surface area contributed by atoms with E-state index in [1.54, 1.807) is 0 Å². The van der Waals surface area contributed by atoms with Gasteiger partial charge in [-0.3, -0.25) is 4.68 Å². The minimum atomic E-state index is 0.409. The molecular formula is C13H19N3. The van der Waals surface area contributed by atoms with Gasteiger partial charge in [0.15, 0.2) is 0 Å². The summed E-state index contributed by atoms with van der Waals surface area (Å²) in [5.41, 5.74) is 4.27. The van der Waals surface area contributed by atoms with Crippen molar-refractivity contribution >= 4 is 11.3 Å². The number of hydrogen-bond donors (Lipinski definition) is 1. The van der Waals surface area contributed by atoms with Crippen LogP contribution in [0.3, 0.4) is 0 Å². The third-order valence-electron chi connectivity index (χ3n) is 3.29. The Morgan fingerprint density at radius 3 is 2.62 bits per heavy atom. The highest BCUT2D eigenvalue weighted by atomic mass is 15.3. The first-order chi connectivity index (χ1) is 7.50. The quantitative estimate of drug-likeness (QED) is 0.825. The third-order valence-corrected chi connectivity index (χ3v) is 3.29. The van der Waals surface area contributed by atoms with Gasteiger partial charge in [0.05, 0.1) is 11.7 Å². The van der Waals surface area contributed by atoms with E-state index in [9.17, 15) is 0 Å². The standard InChI is InChI=1S/C13H19N3/c1-8(2)11(5)16-7-12-9(3)6-14-10(4)13(12)15-16/h6-8,11,14H,4H2,1-3,5H3. The summed E-state index contributed by atoms with van der Waals surface area (Å²) in [5.74, 6) is 0.576. The van der Waals surface area contributed by atoms with Gasteiger partial charge in [0.1, 0.15) is 5.69 Å². The van der Waals surface area contributed by atoms with Crippen molar-refractivity contribution in [3.63, 3.8) is 0 Å². The van der Waals surface area contributed by atoms with Crippen molar-refractivity contribution < 1.29 is 0 Å². The molecule has 3 nitrogen and oxygen atoms in total. The number of nitrogens with one attached hydrogen (secondary N) is 1. The van der Waals surface area contributed by atoms with Crippen LogP contribution in [0.1, 0.15) is 45.0 Å². The molecule has 2 heterocycles. The monoisotopic (exact) mass is 217 g/mol. The Morgan fingerprint density at radius 2 is 2.06 bits per heavy atom. The maximum atomic E-state index is 4.62. The first-order valence-electron chi connectivity index (χ1n) is 5.72. The lowest BCUT2D eigenvalue weighted by Gasteiger charge is -2.15. The molecule has 0 radical (unpaired) electrons. The molecule has 0 spiro atoms. The van der Waals surface area contributed by atoms with Crippen LogP contribution in [0.15, 0.2) is 19.0 Å². The van der Waals surface area contributed by atoms with Gasteiger partial charge in [-0.2, -0.15) is 5.10 Å². The zero-order valence-electron chi connectivity index (χ0n) is 10.4. The molecule has 1 unspecified atom stereocenters. The minimum absolute atomic E-state index is 0.409. The van der Waals surface area contributed by atoms with Crippen LogP contribution in [0, 0.1) is 5.92 Å². The normalized spacial score (nSPS) is 16.8. The van der Waals surface area contributed by atoms with Gasteiger partial charge >= 0.3 is 0 Å². The maximum Gasteiger partial charge on any atom is 0.115 e. The largest absolute Gasteiger partial charge is 0.360 e. The Morgan fingerprint density at radius 1 is 1.38 bits per heavy atom. The van der Waals surface area contributed by atoms with Crippen LogP contribution in [0.4, 0.5) is 0 Å². The highest BCUT2D eigenvalue weighted by Crippen LogP contribution is 2.28. The number of nitrogens with zero attached hydrogens (tertiary/aromatic N) is 2. The molecule has 1 atom stereocenters. The van der Waals surface area contributed by atoms with E-state index in [2.05, 4.69) is 50.9 Å². The van der Waals surface area contributed by atoms with Gasteiger partial charge in [0, 0.05) is 18.0 Å². The lowest BCUT2D eigenvalue weighted by Crippen LogP contribution is -2.13. The average molecular weight is 217 g/mol. The van der Waals surface area contributed by atoms with Crippen molar-refractivity contribution in [3.8, 4) is 0 Å². The highest BCUT2D eigenvalue weighted by molar-refractivity contribution is 5.79. The van der Waals surface area contributed by atoms with Crippen LogP contribution in [-0.2, 0) is 0 Å². The predicted octanol–water partition coefficient (Wildman–Crippen LogP) is 3.03. The molecule has 0 aromatic carbocycles. The van der Waals surface area contributed by atoms with E-state index < -0.39 is 0 Å². The second kappa shape index (κ2) is 3.81. The lowest BCUT2D eigenvalue weighted by atomic mass is 10.0. The van der Waals surface area contributed by atoms with Gasteiger partial charge in [-0.15, -0.1) is 0 Å². The number of rotatable bonds is 2. The fourth-order valence-corrected chi connectivity index (χ4v) is 1.76. The Kier molecular flexibility index (Phi) is 2.62. The van der Waals surface area contributed by atoms with Crippen LogP contribution < -0.4 is 5.32 Å². The molecule has 1 aromatic rings. The van der Waals surface area contributed by atoms with E-state index in [1.807, 2.05) is 10.9 Å². The molecule has 0 fully saturated rings. The van der Waals surface area contributed by atoms with E-state index in [0.717, 1.165) is 11.4 Å². The van der Waals surface area contributed by atoms with E-state index >= 15 is 0 Å². The van der Waals surface area contributed by atoms with Gasteiger partial charge in [0.2, 0.25) is 0 Å². The Bertz CT molecular complexity index is 452. The van der Waals surface area contributed by atoms with Crippen molar-refractivity contribution in [1.82, 2.24) is 15.1 Å². The SMILES string of the molecule is C=C1NC=C(C)c2cn(C(C)C(C)C)nc21. The molecule has 1 N–H and O–H groups in total. The van der Waals surface area contributed by atoms with E-state index in [1.165, 1.54) is 11.1 Å². The fourth-order valence-electron chi connectivity index (χ4n) is 1.76. The molecule has 0 aliphatic carbocycles. The molecule has 1 aliphatic heterocycles. The van der Waals surface area contributed by atoms with Crippen LogP contribution in [-0.4, -0.2) is 9.78 Å². The summed E-state index contributed by atoms with van der Waals surface area (Å²) in [6.45, 7) is 12.7. The molecule has 86 valence electrons. The van der Waals surface area contributed by atoms with Crippen molar-refractivity contribution in [2.45, 2.75) is 33.7 Å². The first kappa shape index (κ1) is 11.0. The molecule has 0 bridgehead atoms. The molecule has 0 amide bonds. The molecule has 0 saturated carbocycles. The summed E-state index contributed by atoms with van der Waals surface area (Å²) >= 11 is 0. The summed E-state index contributed by atoms with van der Waals surface area (Å²) in [5, 5.41) is 7.75. The van der Waals surface area contributed by atoms with Gasteiger partial charge in [0.25, 0.3) is 0 Å². The molecule has 16 heavy (non-hydrogen) atoms. The first-order valence-corrected chi connectivity index (χ1v) is 5.72. The second-order valence-corrected chi connectivity index (χ2v) is 4.81. The topological polar surface area (TPSA) is 29.9 Å². The predicted molar refractivity (Wildman–Crippen MR) is 67.6 cm³/mol. The maximum absolute atomic E-state index is 4.62. The molecule has 1 aliphatic rings. The van der Waals surface area contributed by atoms with Crippen LogP contribution in [0.2, 0.25) is 0 Å². The van der Waals surface area contributed by atoms with Crippen molar-refractivity contribution in [2.75, 3.05) is 0 Å². The van der Waals surface area contributed by atoms with Crippen LogP contribution >= 0.6 is 0 Å². The third kappa shape index (κ3) is 1.66. The molecule has 1 aromatic heterocycles. The summed E-state index contributed by atoms with van der Waals surface area (Å²) in [4.78, 5) is 0. The van der Waals surface area contributed by atoms with E-state index in [-0.39, 0.29) is 0 Å². The minimum Gasteiger partial charge on any atom is -0.360 e. The van der Waals surface area contributed by atoms with Crippen molar-refractivity contribution in [1.29, 1.82) is 0 Å². The average Bonchev–Trinajstić information content (AvgIpc) is 2.68. The van der Waals surface area contributed by atoms with Crippen LogP contribution in [0.25, 0.3) is 11.3 Å². The summed E-state index contributed by atoms with van der Waals surface area (Å²) in [7, 11) is 0. The van der Waals surface area contributed by atoms with E-state index in [4.69, 9.17) is 0 Å². The Balaban J connectivity index is 2.44. The molecule has 3 heteroatoms. The summed E-state index contributed by atoms with van der Waals surface area (Å²) in [6, 6.07) is 0.409. The lowest BCUT2D eigenvalue weighted by molar-refractivity contribution is 0.375. The zero-order valence-corrected chi connectivity index (χ0v) is 10.4. The van der Waals surface area contributed by atoms with E-state index in [0.29, 0.717) is 12.0 Å². The summed E-state index contributed by atoms with van der Waals surface area (Å²) in [6.07, 6.45) is 4.11. The summed E-state index contributed by atoms with van der Waals surface area (Å²) < 4.78 is 2.05. The molecule has 0 saturated heterocycles.